The van der Waals surface area contributed by atoms with Gasteiger partial charge in [-0.1, -0.05) is 6.42 Å². The van der Waals surface area contributed by atoms with Crippen LogP contribution >= 0.6 is 0 Å². The van der Waals surface area contributed by atoms with E-state index in [0.717, 1.165) is 63.0 Å². The van der Waals surface area contributed by atoms with Gasteiger partial charge >= 0.3 is 0 Å². The zero-order chi connectivity index (χ0) is 22.1. The van der Waals surface area contributed by atoms with Gasteiger partial charge < -0.3 is 15.1 Å². The summed E-state index contributed by atoms with van der Waals surface area (Å²) in [5.74, 6) is 0.389. The Morgan fingerprint density at radius 1 is 1.06 bits per heavy atom. The van der Waals surface area contributed by atoms with Gasteiger partial charge in [-0.15, -0.1) is 0 Å². The fraction of sp³-hybridized carbons (Fsp3) is 0.538. The summed E-state index contributed by atoms with van der Waals surface area (Å²) in [6.07, 6.45) is 9.88. The van der Waals surface area contributed by atoms with Gasteiger partial charge in [-0.2, -0.15) is 0 Å². The van der Waals surface area contributed by atoms with Crippen molar-refractivity contribution in [3.05, 3.63) is 53.3 Å². The molecule has 1 saturated carbocycles. The molecule has 1 atom stereocenters. The van der Waals surface area contributed by atoms with Gasteiger partial charge in [-0.05, 0) is 67.7 Å². The Morgan fingerprint density at radius 2 is 1.81 bits per heavy atom. The van der Waals surface area contributed by atoms with Crippen LogP contribution in [0.15, 0.2) is 47.7 Å². The number of nitrogens with one attached hydrogen (secondary N) is 1. The zero-order valence-electron chi connectivity index (χ0n) is 19.1. The van der Waals surface area contributed by atoms with Crippen LogP contribution in [0.3, 0.4) is 0 Å². The van der Waals surface area contributed by atoms with Crippen LogP contribution in [0.25, 0.3) is 0 Å². The second-order valence-corrected chi connectivity index (χ2v) is 9.66. The van der Waals surface area contributed by atoms with Crippen LogP contribution in [-0.2, 0) is 4.79 Å². The Bertz CT molecular complexity index is 924. The van der Waals surface area contributed by atoms with Gasteiger partial charge in [0.25, 0.3) is 0 Å². The molecule has 3 aliphatic heterocycles. The fourth-order valence-corrected chi connectivity index (χ4v) is 5.28. The van der Waals surface area contributed by atoms with E-state index < -0.39 is 0 Å². The van der Waals surface area contributed by atoms with Crippen LogP contribution in [0.5, 0.6) is 0 Å². The maximum atomic E-state index is 12.9. The lowest BCUT2D eigenvalue weighted by Gasteiger charge is -2.43. The predicted molar refractivity (Wildman–Crippen MR) is 127 cm³/mol. The van der Waals surface area contributed by atoms with Crippen molar-refractivity contribution in [2.45, 2.75) is 51.1 Å². The molecule has 32 heavy (non-hydrogen) atoms. The number of nitrogens with zero attached hydrogens (tertiary/aromatic N) is 3. The minimum absolute atomic E-state index is 0.0908. The highest BCUT2D eigenvalue weighted by Crippen LogP contribution is 2.29. The summed E-state index contributed by atoms with van der Waals surface area (Å²) in [7, 11) is 0. The molecule has 3 heterocycles. The van der Waals surface area contributed by atoms with Crippen LogP contribution in [0, 0.1) is 0 Å². The van der Waals surface area contributed by atoms with Gasteiger partial charge in [0.1, 0.15) is 0 Å². The van der Waals surface area contributed by atoms with Crippen molar-refractivity contribution in [2.75, 3.05) is 44.2 Å². The van der Waals surface area contributed by atoms with E-state index >= 15 is 0 Å². The predicted octanol–water partition coefficient (Wildman–Crippen LogP) is 2.97. The van der Waals surface area contributed by atoms with Gasteiger partial charge in [0, 0.05) is 75.2 Å². The third-order valence-electron chi connectivity index (χ3n) is 7.63. The van der Waals surface area contributed by atoms with Crippen LogP contribution < -0.4 is 10.2 Å². The number of ketones is 1. The highest BCUT2D eigenvalue weighted by atomic mass is 16.2. The Balaban J connectivity index is 1.12. The second kappa shape index (κ2) is 9.20. The minimum atomic E-state index is 0.0908. The first-order chi connectivity index (χ1) is 15.6. The molecule has 0 radical (unpaired) electrons. The molecule has 1 aliphatic carbocycles. The monoisotopic (exact) mass is 434 g/mol. The molecule has 1 aromatic carbocycles. The SMILES string of the molecule is CC(=O)c1ccc(N2C=CC3=C(CNC(CC(=O)N4CCN(C5CCC5)CC4)C3)C2)cc1. The van der Waals surface area contributed by atoms with E-state index in [1.165, 1.54) is 30.4 Å². The van der Waals surface area contributed by atoms with E-state index in [1.807, 2.05) is 24.3 Å². The molecule has 2 fully saturated rings. The van der Waals surface area contributed by atoms with Crippen molar-refractivity contribution in [3.63, 3.8) is 0 Å². The molecule has 6 heteroatoms. The lowest BCUT2D eigenvalue weighted by Crippen LogP contribution is -2.54. The summed E-state index contributed by atoms with van der Waals surface area (Å²) in [6.45, 7) is 7.11. The molecule has 1 amide bonds. The van der Waals surface area contributed by atoms with E-state index in [-0.39, 0.29) is 11.8 Å². The third-order valence-corrected chi connectivity index (χ3v) is 7.63. The molecule has 1 aromatic rings. The fourth-order valence-electron chi connectivity index (χ4n) is 5.28. The lowest BCUT2D eigenvalue weighted by molar-refractivity contribution is -0.134. The van der Waals surface area contributed by atoms with E-state index in [2.05, 4.69) is 32.3 Å². The normalized spacial score (nSPS) is 24.3. The molecule has 5 rings (SSSR count). The molecule has 4 aliphatic rings. The number of Topliss-reactive ketones (excluding diaryl/α,β-unsaturated/α-hetero) is 1. The van der Waals surface area contributed by atoms with E-state index in [4.69, 9.17) is 0 Å². The summed E-state index contributed by atoms with van der Waals surface area (Å²) < 4.78 is 0. The van der Waals surface area contributed by atoms with Gasteiger partial charge in [-0.3, -0.25) is 14.5 Å². The van der Waals surface area contributed by atoms with Gasteiger partial charge in [0.2, 0.25) is 5.91 Å². The lowest BCUT2D eigenvalue weighted by atomic mass is 9.90. The summed E-state index contributed by atoms with van der Waals surface area (Å²) in [5, 5.41) is 3.61. The summed E-state index contributed by atoms with van der Waals surface area (Å²) in [4.78, 5) is 31.3. The first-order valence-corrected chi connectivity index (χ1v) is 12.1. The number of piperazine rings is 1. The molecule has 0 spiro atoms. The maximum absolute atomic E-state index is 12.9. The third kappa shape index (κ3) is 4.52. The maximum Gasteiger partial charge on any atom is 0.224 e. The zero-order valence-corrected chi connectivity index (χ0v) is 19.1. The van der Waals surface area contributed by atoms with Crippen LogP contribution in [0.2, 0.25) is 0 Å². The molecule has 1 unspecified atom stereocenters. The number of benzene rings is 1. The van der Waals surface area contributed by atoms with Crippen molar-refractivity contribution >= 4 is 17.4 Å². The summed E-state index contributed by atoms with van der Waals surface area (Å²) >= 11 is 0. The number of rotatable bonds is 5. The molecular formula is C26H34N4O2. The topological polar surface area (TPSA) is 55.9 Å². The Hall–Kier alpha value is -2.44. The van der Waals surface area contributed by atoms with Crippen LogP contribution in [0.4, 0.5) is 5.69 Å². The van der Waals surface area contributed by atoms with Gasteiger partial charge in [-0.25, -0.2) is 0 Å². The average Bonchev–Trinajstić information content (AvgIpc) is 2.78. The molecule has 1 N–H and O–H groups in total. The quantitative estimate of drug-likeness (QED) is 0.722. The van der Waals surface area contributed by atoms with Gasteiger partial charge in [0.05, 0.1) is 0 Å². The van der Waals surface area contributed by atoms with Gasteiger partial charge in [0.15, 0.2) is 5.78 Å². The van der Waals surface area contributed by atoms with E-state index in [9.17, 15) is 9.59 Å². The standard InChI is InChI=1S/C26H34N4O2/c1-19(31)20-5-7-25(8-6-20)30-10-9-21-15-23(27-17-22(21)18-30)16-26(32)29-13-11-28(12-14-29)24-3-2-4-24/h5-10,23-24,27H,2-4,11-18H2,1H3. The van der Waals surface area contributed by atoms with E-state index in [0.29, 0.717) is 12.3 Å². The van der Waals surface area contributed by atoms with Crippen molar-refractivity contribution in [2.24, 2.45) is 0 Å². The Labute approximate surface area is 190 Å². The minimum Gasteiger partial charge on any atom is -0.344 e. The number of carbonyl (C=O) groups excluding carboxylic acids is 2. The summed E-state index contributed by atoms with van der Waals surface area (Å²) in [6, 6.07) is 8.80. The largest absolute Gasteiger partial charge is 0.344 e. The number of amides is 1. The molecule has 0 aromatic heterocycles. The number of allylic oxidation sites excluding steroid dienone is 1. The van der Waals surface area contributed by atoms with Crippen molar-refractivity contribution in [1.29, 1.82) is 0 Å². The Morgan fingerprint density at radius 3 is 2.47 bits per heavy atom. The number of hydrogen-bond acceptors (Lipinski definition) is 5. The van der Waals surface area contributed by atoms with Crippen molar-refractivity contribution < 1.29 is 9.59 Å². The summed E-state index contributed by atoms with van der Waals surface area (Å²) in [5.41, 5.74) is 4.59. The van der Waals surface area contributed by atoms with E-state index in [1.54, 1.807) is 6.92 Å². The second-order valence-electron chi connectivity index (χ2n) is 9.66. The number of hydrogen-bond donors (Lipinski definition) is 1. The highest BCUT2D eigenvalue weighted by Gasteiger charge is 2.31. The first-order valence-electron chi connectivity index (χ1n) is 12.1. The molecule has 6 nitrogen and oxygen atoms in total. The van der Waals surface area contributed by atoms with Crippen LogP contribution in [0.1, 0.15) is 49.4 Å². The van der Waals surface area contributed by atoms with Crippen molar-refractivity contribution in [3.8, 4) is 0 Å². The highest BCUT2D eigenvalue weighted by molar-refractivity contribution is 5.94. The number of anilines is 1. The average molecular weight is 435 g/mol. The number of carbonyl (C=O) groups is 2. The molecule has 1 saturated heterocycles. The van der Waals surface area contributed by atoms with Crippen LogP contribution in [-0.4, -0.2) is 72.8 Å². The smallest absolute Gasteiger partial charge is 0.224 e. The molecule has 170 valence electrons. The Kier molecular flexibility index (Phi) is 6.15. The first kappa shape index (κ1) is 21.4. The van der Waals surface area contributed by atoms with Crippen molar-refractivity contribution in [1.82, 2.24) is 15.1 Å². The molecular weight excluding hydrogens is 400 g/mol. The molecule has 0 bridgehead atoms.